The molecule has 6 nitrogen and oxygen atoms in total. The summed E-state index contributed by atoms with van der Waals surface area (Å²) in [5, 5.41) is 3.76. The molecule has 0 spiro atoms. The molecule has 2 aromatic carbocycles. The minimum absolute atomic E-state index is 0.117. The first-order valence-electron chi connectivity index (χ1n) is 9.11. The number of fused-ring (bicyclic) bond motifs is 1. The summed E-state index contributed by atoms with van der Waals surface area (Å²) < 4.78 is 16.3. The Hall–Kier alpha value is -3.28. The topological polar surface area (TPSA) is 69.7 Å². The van der Waals surface area contributed by atoms with Crippen molar-refractivity contribution in [3.8, 4) is 28.5 Å². The fraction of sp³-hybridized carbons (Fsp3) is 0.273. The number of ether oxygens (including phenoxy) is 3. The van der Waals surface area contributed by atoms with Gasteiger partial charge in [0, 0.05) is 17.5 Å². The van der Waals surface area contributed by atoms with E-state index in [2.05, 4.69) is 5.32 Å². The summed E-state index contributed by atoms with van der Waals surface area (Å²) in [6.07, 6.45) is 0.870. The SMILES string of the molecule is CCCNC(=O)c1cc(-c2cc(OC)c(OC)c(OC)c2)nc2ccccc12. The first-order valence-corrected chi connectivity index (χ1v) is 9.11. The maximum Gasteiger partial charge on any atom is 0.252 e. The lowest BCUT2D eigenvalue weighted by Crippen LogP contribution is -2.24. The highest BCUT2D eigenvalue weighted by Gasteiger charge is 2.18. The molecular weight excluding hydrogens is 356 g/mol. The van der Waals surface area contributed by atoms with E-state index in [1.807, 2.05) is 43.3 Å². The monoisotopic (exact) mass is 380 g/mol. The van der Waals surface area contributed by atoms with Crippen molar-refractivity contribution in [2.75, 3.05) is 27.9 Å². The van der Waals surface area contributed by atoms with Gasteiger partial charge in [0.15, 0.2) is 11.5 Å². The van der Waals surface area contributed by atoms with Gasteiger partial charge in [-0.2, -0.15) is 0 Å². The zero-order valence-corrected chi connectivity index (χ0v) is 16.5. The van der Waals surface area contributed by atoms with E-state index in [-0.39, 0.29) is 5.91 Å². The highest BCUT2D eigenvalue weighted by molar-refractivity contribution is 6.07. The van der Waals surface area contributed by atoms with Crippen LogP contribution >= 0.6 is 0 Å². The van der Waals surface area contributed by atoms with E-state index in [1.54, 1.807) is 27.4 Å². The predicted octanol–water partition coefficient (Wildman–Crippen LogP) is 4.07. The molecule has 0 atom stereocenters. The van der Waals surface area contributed by atoms with Gasteiger partial charge >= 0.3 is 0 Å². The molecule has 0 aliphatic carbocycles. The molecule has 1 amide bonds. The molecule has 6 heteroatoms. The Kier molecular flexibility index (Phi) is 5.99. The Balaban J connectivity index is 2.20. The van der Waals surface area contributed by atoms with Crippen molar-refractivity contribution in [2.45, 2.75) is 13.3 Å². The maximum absolute atomic E-state index is 12.7. The Morgan fingerprint density at radius 2 is 1.68 bits per heavy atom. The van der Waals surface area contributed by atoms with Crippen molar-refractivity contribution >= 4 is 16.8 Å². The van der Waals surface area contributed by atoms with E-state index in [9.17, 15) is 4.79 Å². The Morgan fingerprint density at radius 1 is 1.00 bits per heavy atom. The number of benzene rings is 2. The summed E-state index contributed by atoms with van der Waals surface area (Å²) in [6.45, 7) is 2.64. The third-order valence-corrected chi connectivity index (χ3v) is 4.46. The average Bonchev–Trinajstić information content (AvgIpc) is 2.75. The Bertz CT molecular complexity index is 976. The summed E-state index contributed by atoms with van der Waals surface area (Å²) in [6, 6.07) is 13.1. The first kappa shape index (κ1) is 19.5. The molecule has 0 bridgehead atoms. The van der Waals surface area contributed by atoms with Crippen molar-refractivity contribution in [2.24, 2.45) is 0 Å². The molecule has 0 aliphatic heterocycles. The van der Waals surface area contributed by atoms with Crippen LogP contribution in [0.5, 0.6) is 17.2 Å². The number of carbonyl (C=O) groups is 1. The number of nitrogens with zero attached hydrogens (tertiary/aromatic N) is 1. The van der Waals surface area contributed by atoms with Crippen LogP contribution in [-0.4, -0.2) is 38.8 Å². The van der Waals surface area contributed by atoms with Crippen LogP contribution in [0.3, 0.4) is 0 Å². The molecule has 0 fully saturated rings. The van der Waals surface area contributed by atoms with E-state index < -0.39 is 0 Å². The van der Waals surface area contributed by atoms with E-state index in [4.69, 9.17) is 19.2 Å². The van der Waals surface area contributed by atoms with E-state index in [0.29, 0.717) is 35.1 Å². The summed E-state index contributed by atoms with van der Waals surface area (Å²) in [5.74, 6) is 1.46. The second-order valence-electron chi connectivity index (χ2n) is 6.24. The van der Waals surface area contributed by atoms with Gasteiger partial charge in [-0.15, -0.1) is 0 Å². The van der Waals surface area contributed by atoms with E-state index >= 15 is 0 Å². The van der Waals surface area contributed by atoms with Crippen LogP contribution in [0.1, 0.15) is 23.7 Å². The molecule has 3 aromatic rings. The van der Waals surface area contributed by atoms with Gasteiger partial charge in [-0.3, -0.25) is 4.79 Å². The largest absolute Gasteiger partial charge is 0.493 e. The number of aromatic nitrogens is 1. The minimum Gasteiger partial charge on any atom is -0.493 e. The van der Waals surface area contributed by atoms with Crippen molar-refractivity contribution in [1.29, 1.82) is 0 Å². The fourth-order valence-electron chi connectivity index (χ4n) is 3.07. The lowest BCUT2D eigenvalue weighted by atomic mass is 10.0. The van der Waals surface area contributed by atoms with E-state index in [1.165, 1.54) is 0 Å². The molecule has 0 aliphatic rings. The van der Waals surface area contributed by atoms with Crippen LogP contribution < -0.4 is 19.5 Å². The number of pyridine rings is 1. The van der Waals surface area contributed by atoms with Crippen LogP contribution in [0.2, 0.25) is 0 Å². The van der Waals surface area contributed by atoms with Gasteiger partial charge in [-0.05, 0) is 30.7 Å². The van der Waals surface area contributed by atoms with Gasteiger partial charge in [0.25, 0.3) is 5.91 Å². The zero-order valence-electron chi connectivity index (χ0n) is 16.5. The number of methoxy groups -OCH3 is 3. The molecule has 0 saturated carbocycles. The van der Waals surface area contributed by atoms with Gasteiger partial charge in [-0.1, -0.05) is 25.1 Å². The third kappa shape index (κ3) is 3.71. The normalized spacial score (nSPS) is 10.6. The molecule has 0 radical (unpaired) electrons. The highest BCUT2D eigenvalue weighted by Crippen LogP contribution is 2.41. The Morgan fingerprint density at radius 3 is 2.29 bits per heavy atom. The quantitative estimate of drug-likeness (QED) is 0.669. The molecule has 1 heterocycles. The van der Waals surface area contributed by atoms with Crippen LogP contribution in [0.4, 0.5) is 0 Å². The molecule has 3 rings (SSSR count). The molecule has 1 N–H and O–H groups in total. The van der Waals surface area contributed by atoms with Crippen LogP contribution in [0.15, 0.2) is 42.5 Å². The molecule has 146 valence electrons. The standard InChI is InChI=1S/C22H24N2O4/c1-5-10-23-22(25)16-13-18(24-17-9-7-6-8-15(16)17)14-11-19(26-2)21(28-4)20(12-14)27-3/h6-9,11-13H,5,10H2,1-4H3,(H,23,25). The van der Waals surface area contributed by atoms with E-state index in [0.717, 1.165) is 22.9 Å². The number of hydrogen-bond acceptors (Lipinski definition) is 5. The van der Waals surface area contributed by atoms with Gasteiger partial charge in [0.2, 0.25) is 5.75 Å². The van der Waals surface area contributed by atoms with Crippen molar-refractivity contribution in [3.63, 3.8) is 0 Å². The summed E-state index contributed by atoms with van der Waals surface area (Å²) in [4.78, 5) is 17.5. The van der Waals surface area contributed by atoms with Crippen molar-refractivity contribution in [3.05, 3.63) is 48.0 Å². The number of hydrogen-bond donors (Lipinski definition) is 1. The number of rotatable bonds is 7. The number of nitrogens with one attached hydrogen (secondary N) is 1. The van der Waals surface area contributed by atoms with Crippen molar-refractivity contribution in [1.82, 2.24) is 10.3 Å². The fourth-order valence-corrected chi connectivity index (χ4v) is 3.07. The van der Waals surface area contributed by atoms with Gasteiger partial charge in [0.1, 0.15) is 0 Å². The number of carbonyl (C=O) groups excluding carboxylic acids is 1. The predicted molar refractivity (Wildman–Crippen MR) is 109 cm³/mol. The average molecular weight is 380 g/mol. The summed E-state index contributed by atoms with van der Waals surface area (Å²) >= 11 is 0. The molecule has 28 heavy (non-hydrogen) atoms. The van der Waals surface area contributed by atoms with Crippen LogP contribution in [0, 0.1) is 0 Å². The van der Waals surface area contributed by atoms with Gasteiger partial charge in [0.05, 0.1) is 38.1 Å². The second-order valence-corrected chi connectivity index (χ2v) is 6.24. The first-order chi connectivity index (χ1) is 13.6. The zero-order chi connectivity index (χ0) is 20.1. The summed E-state index contributed by atoms with van der Waals surface area (Å²) in [7, 11) is 4.70. The lowest BCUT2D eigenvalue weighted by molar-refractivity contribution is 0.0955. The number of amides is 1. The molecular formula is C22H24N2O4. The highest BCUT2D eigenvalue weighted by atomic mass is 16.5. The second kappa shape index (κ2) is 8.61. The maximum atomic E-state index is 12.7. The minimum atomic E-state index is -0.117. The number of para-hydroxylation sites is 1. The molecule has 0 saturated heterocycles. The Labute approximate surface area is 164 Å². The van der Waals surface area contributed by atoms with Crippen LogP contribution in [0.25, 0.3) is 22.2 Å². The smallest absolute Gasteiger partial charge is 0.252 e. The van der Waals surface area contributed by atoms with Crippen molar-refractivity contribution < 1.29 is 19.0 Å². The summed E-state index contributed by atoms with van der Waals surface area (Å²) in [5.41, 5.74) is 2.75. The van der Waals surface area contributed by atoms with Gasteiger partial charge in [-0.25, -0.2) is 4.98 Å². The molecule has 1 aromatic heterocycles. The van der Waals surface area contributed by atoms with Gasteiger partial charge < -0.3 is 19.5 Å². The van der Waals surface area contributed by atoms with Crippen LogP contribution in [-0.2, 0) is 0 Å². The molecule has 0 unspecified atom stereocenters. The third-order valence-electron chi connectivity index (χ3n) is 4.46. The lowest BCUT2D eigenvalue weighted by Gasteiger charge is -2.15.